The molecular weight excluding hydrogens is 286 g/mol. The van der Waals surface area contributed by atoms with E-state index in [0.717, 1.165) is 31.5 Å². The highest BCUT2D eigenvalue weighted by molar-refractivity contribution is 5.92. The molecule has 1 aromatic carbocycles. The number of nitrogens with zero attached hydrogens (tertiary/aromatic N) is 3. The Morgan fingerprint density at radius 2 is 2.00 bits per heavy atom. The Bertz CT molecular complexity index is 726. The van der Waals surface area contributed by atoms with Gasteiger partial charge in [0.25, 0.3) is 5.91 Å². The fourth-order valence-corrected chi connectivity index (χ4v) is 3.35. The standard InChI is InChI=1S/C19H23N3O/c1-13-7-6-8-16(15(13)3)18-9-4-5-10-22(18)19(23)17-11-14(2)20-12-21-17/h6-8,11-12,18H,4-5,9-10H2,1-3H3. The molecule has 1 unspecified atom stereocenters. The van der Waals surface area contributed by atoms with Gasteiger partial charge in [-0.25, -0.2) is 9.97 Å². The summed E-state index contributed by atoms with van der Waals surface area (Å²) >= 11 is 0. The molecule has 23 heavy (non-hydrogen) atoms. The van der Waals surface area contributed by atoms with E-state index in [1.807, 2.05) is 11.8 Å². The number of benzene rings is 1. The Morgan fingerprint density at radius 1 is 1.17 bits per heavy atom. The monoisotopic (exact) mass is 309 g/mol. The second-order valence-corrected chi connectivity index (χ2v) is 6.34. The van der Waals surface area contributed by atoms with Crippen molar-refractivity contribution in [3.05, 3.63) is 58.7 Å². The third-order valence-electron chi connectivity index (χ3n) is 4.79. The molecule has 4 nitrogen and oxygen atoms in total. The highest BCUT2D eigenvalue weighted by Gasteiger charge is 2.30. The van der Waals surface area contributed by atoms with Crippen LogP contribution in [0.2, 0.25) is 0 Å². The third kappa shape index (κ3) is 3.11. The largest absolute Gasteiger partial charge is 0.330 e. The van der Waals surface area contributed by atoms with Crippen LogP contribution in [-0.4, -0.2) is 27.3 Å². The van der Waals surface area contributed by atoms with E-state index in [-0.39, 0.29) is 11.9 Å². The maximum atomic E-state index is 13.0. The fourth-order valence-electron chi connectivity index (χ4n) is 3.35. The van der Waals surface area contributed by atoms with Crippen LogP contribution in [0.1, 0.15) is 58.2 Å². The van der Waals surface area contributed by atoms with Gasteiger partial charge in [0.1, 0.15) is 12.0 Å². The van der Waals surface area contributed by atoms with Gasteiger partial charge in [-0.3, -0.25) is 4.79 Å². The summed E-state index contributed by atoms with van der Waals surface area (Å²) in [4.78, 5) is 23.2. The maximum Gasteiger partial charge on any atom is 0.273 e. The van der Waals surface area contributed by atoms with Gasteiger partial charge in [0, 0.05) is 12.2 Å². The van der Waals surface area contributed by atoms with Crippen molar-refractivity contribution in [3.8, 4) is 0 Å². The van der Waals surface area contributed by atoms with Crippen molar-refractivity contribution >= 4 is 5.91 Å². The third-order valence-corrected chi connectivity index (χ3v) is 4.79. The maximum absolute atomic E-state index is 13.0. The van der Waals surface area contributed by atoms with Crippen molar-refractivity contribution < 1.29 is 4.79 Å². The quantitative estimate of drug-likeness (QED) is 0.848. The van der Waals surface area contributed by atoms with Gasteiger partial charge in [-0.05, 0) is 62.8 Å². The molecule has 2 aromatic rings. The van der Waals surface area contributed by atoms with Gasteiger partial charge in [-0.15, -0.1) is 0 Å². The minimum Gasteiger partial charge on any atom is -0.330 e. The van der Waals surface area contributed by atoms with E-state index >= 15 is 0 Å². The van der Waals surface area contributed by atoms with Gasteiger partial charge in [-0.2, -0.15) is 0 Å². The summed E-state index contributed by atoms with van der Waals surface area (Å²) in [6.07, 6.45) is 4.70. The molecule has 1 aromatic heterocycles. The van der Waals surface area contributed by atoms with Crippen molar-refractivity contribution in [1.29, 1.82) is 0 Å². The molecule has 120 valence electrons. The minimum absolute atomic E-state index is 0.0149. The van der Waals surface area contributed by atoms with Crippen molar-refractivity contribution in [2.45, 2.75) is 46.1 Å². The lowest BCUT2D eigenvalue weighted by atomic mass is 9.90. The number of hydrogen-bond acceptors (Lipinski definition) is 3. The van der Waals surface area contributed by atoms with Crippen LogP contribution in [-0.2, 0) is 0 Å². The van der Waals surface area contributed by atoms with Gasteiger partial charge >= 0.3 is 0 Å². The number of likely N-dealkylation sites (tertiary alicyclic amines) is 1. The predicted molar refractivity (Wildman–Crippen MR) is 90.3 cm³/mol. The highest BCUT2D eigenvalue weighted by Crippen LogP contribution is 2.34. The molecule has 1 aliphatic heterocycles. The molecule has 0 saturated carbocycles. The van der Waals surface area contributed by atoms with E-state index in [1.165, 1.54) is 23.0 Å². The van der Waals surface area contributed by atoms with Gasteiger partial charge in [0.05, 0.1) is 6.04 Å². The molecule has 1 saturated heterocycles. The second kappa shape index (κ2) is 6.49. The molecule has 1 fully saturated rings. The number of piperidine rings is 1. The first kappa shape index (κ1) is 15.7. The molecule has 1 atom stereocenters. The summed E-state index contributed by atoms with van der Waals surface area (Å²) in [5, 5.41) is 0. The first-order chi connectivity index (χ1) is 11.1. The molecule has 0 radical (unpaired) electrons. The van der Waals surface area contributed by atoms with E-state index in [0.29, 0.717) is 5.69 Å². The van der Waals surface area contributed by atoms with Crippen molar-refractivity contribution in [3.63, 3.8) is 0 Å². The Labute approximate surface area is 137 Å². The van der Waals surface area contributed by atoms with Gasteiger partial charge in [0.15, 0.2) is 0 Å². The smallest absolute Gasteiger partial charge is 0.273 e. The van der Waals surface area contributed by atoms with Gasteiger partial charge in [-0.1, -0.05) is 18.2 Å². The average Bonchev–Trinajstić information content (AvgIpc) is 2.57. The first-order valence-corrected chi connectivity index (χ1v) is 8.23. The summed E-state index contributed by atoms with van der Waals surface area (Å²) in [6.45, 7) is 6.95. The lowest BCUT2D eigenvalue weighted by Crippen LogP contribution is -2.39. The lowest BCUT2D eigenvalue weighted by molar-refractivity contribution is 0.0604. The second-order valence-electron chi connectivity index (χ2n) is 6.34. The van der Waals surface area contributed by atoms with Crippen LogP contribution in [0.25, 0.3) is 0 Å². The normalized spacial score (nSPS) is 18.0. The first-order valence-electron chi connectivity index (χ1n) is 8.23. The predicted octanol–water partition coefficient (Wildman–Crippen LogP) is 3.77. The van der Waals surface area contributed by atoms with Gasteiger partial charge < -0.3 is 4.90 Å². The summed E-state index contributed by atoms with van der Waals surface area (Å²) in [5.41, 5.74) is 5.15. The zero-order valence-electron chi connectivity index (χ0n) is 14.0. The lowest BCUT2D eigenvalue weighted by Gasteiger charge is -2.37. The van der Waals surface area contributed by atoms with E-state index < -0.39 is 0 Å². The zero-order valence-corrected chi connectivity index (χ0v) is 14.0. The Kier molecular flexibility index (Phi) is 4.42. The van der Waals surface area contributed by atoms with Crippen molar-refractivity contribution in [2.24, 2.45) is 0 Å². The Morgan fingerprint density at radius 3 is 2.78 bits per heavy atom. The molecule has 0 aliphatic carbocycles. The number of carbonyl (C=O) groups excluding carboxylic acids is 1. The summed E-state index contributed by atoms with van der Waals surface area (Å²) in [6, 6.07) is 8.29. The van der Waals surface area contributed by atoms with Crippen LogP contribution in [0, 0.1) is 20.8 Å². The number of aromatic nitrogens is 2. The van der Waals surface area contributed by atoms with E-state index in [1.54, 1.807) is 6.07 Å². The van der Waals surface area contributed by atoms with Crippen LogP contribution in [0.5, 0.6) is 0 Å². The van der Waals surface area contributed by atoms with Crippen LogP contribution >= 0.6 is 0 Å². The number of hydrogen-bond donors (Lipinski definition) is 0. The SMILES string of the molecule is Cc1cc(C(=O)N2CCCCC2c2cccc(C)c2C)ncn1. The van der Waals surface area contributed by atoms with Gasteiger partial charge in [0.2, 0.25) is 0 Å². The molecule has 1 aliphatic rings. The van der Waals surface area contributed by atoms with E-state index in [9.17, 15) is 4.79 Å². The van der Waals surface area contributed by atoms with Crippen molar-refractivity contribution in [2.75, 3.05) is 6.54 Å². The van der Waals surface area contributed by atoms with Crippen LogP contribution in [0.3, 0.4) is 0 Å². The molecule has 0 bridgehead atoms. The Hall–Kier alpha value is -2.23. The van der Waals surface area contributed by atoms with E-state index in [4.69, 9.17) is 0 Å². The highest BCUT2D eigenvalue weighted by atomic mass is 16.2. The minimum atomic E-state index is 0.0149. The van der Waals surface area contributed by atoms with E-state index in [2.05, 4.69) is 42.0 Å². The molecular formula is C19H23N3O. The Balaban J connectivity index is 1.96. The molecule has 0 spiro atoms. The summed E-state index contributed by atoms with van der Waals surface area (Å²) in [5.74, 6) is 0.0149. The molecule has 4 heteroatoms. The summed E-state index contributed by atoms with van der Waals surface area (Å²) in [7, 11) is 0. The fraction of sp³-hybridized carbons (Fsp3) is 0.421. The van der Waals surface area contributed by atoms with Crippen LogP contribution in [0.4, 0.5) is 0 Å². The number of aryl methyl sites for hydroxylation is 2. The number of amides is 1. The van der Waals surface area contributed by atoms with Crippen LogP contribution in [0.15, 0.2) is 30.6 Å². The number of carbonyl (C=O) groups is 1. The topological polar surface area (TPSA) is 46.1 Å². The molecule has 3 rings (SSSR count). The zero-order chi connectivity index (χ0) is 16.4. The molecule has 0 N–H and O–H groups in total. The van der Waals surface area contributed by atoms with Crippen LogP contribution < -0.4 is 0 Å². The van der Waals surface area contributed by atoms with Crippen molar-refractivity contribution in [1.82, 2.24) is 14.9 Å². The average molecular weight is 309 g/mol. The summed E-state index contributed by atoms with van der Waals surface area (Å²) < 4.78 is 0. The number of rotatable bonds is 2. The molecule has 1 amide bonds. The molecule has 2 heterocycles.